The molecule has 0 aromatic heterocycles. The van der Waals surface area contributed by atoms with E-state index in [1.165, 1.54) is 22.9 Å². The summed E-state index contributed by atoms with van der Waals surface area (Å²) in [4.78, 5) is 17.2. The maximum absolute atomic E-state index is 12.1. The number of hydrogen-bond acceptors (Lipinski definition) is 3. The maximum atomic E-state index is 12.1. The van der Waals surface area contributed by atoms with Crippen molar-refractivity contribution in [1.82, 2.24) is 5.32 Å². The molecule has 1 heterocycles. The van der Waals surface area contributed by atoms with Crippen LogP contribution in [0, 0.1) is 6.92 Å². The summed E-state index contributed by atoms with van der Waals surface area (Å²) in [6.07, 6.45) is 2.90. The van der Waals surface area contributed by atoms with E-state index >= 15 is 0 Å². The lowest BCUT2D eigenvalue weighted by Gasteiger charge is -1.98. The van der Waals surface area contributed by atoms with Crippen LogP contribution in [-0.2, 0) is 11.2 Å². The lowest BCUT2D eigenvalue weighted by atomic mass is 10.1. The molecule has 3 rings (SSSR count). The molecule has 0 radical (unpaired) electrons. The fraction of sp³-hybridized carbons (Fsp3) is 0.158. The number of benzene rings is 2. The Morgan fingerprint density at radius 2 is 1.78 bits per heavy atom. The Morgan fingerprint density at radius 3 is 2.43 bits per heavy atom. The average molecular weight is 322 g/mol. The van der Waals surface area contributed by atoms with Crippen LogP contribution in [0.25, 0.3) is 6.08 Å². The second-order valence-electron chi connectivity index (χ2n) is 5.41. The van der Waals surface area contributed by atoms with Crippen LogP contribution >= 0.6 is 11.8 Å². The number of nitrogens with one attached hydrogen (secondary N) is 1. The van der Waals surface area contributed by atoms with E-state index < -0.39 is 0 Å². The minimum Gasteiger partial charge on any atom is -0.300 e. The van der Waals surface area contributed by atoms with Crippen molar-refractivity contribution in [3.8, 4) is 0 Å². The van der Waals surface area contributed by atoms with E-state index in [-0.39, 0.29) is 5.91 Å². The summed E-state index contributed by atoms with van der Waals surface area (Å²) in [5, 5.41) is 3.44. The molecule has 1 fully saturated rings. The van der Waals surface area contributed by atoms with Crippen LogP contribution in [0.1, 0.15) is 23.6 Å². The number of rotatable bonds is 3. The van der Waals surface area contributed by atoms with Gasteiger partial charge in [-0.15, -0.1) is 0 Å². The summed E-state index contributed by atoms with van der Waals surface area (Å²) >= 11 is 1.37. The molecule has 1 amide bonds. The quantitative estimate of drug-likeness (QED) is 0.848. The van der Waals surface area contributed by atoms with E-state index in [1.807, 2.05) is 49.4 Å². The van der Waals surface area contributed by atoms with Gasteiger partial charge < -0.3 is 5.32 Å². The van der Waals surface area contributed by atoms with Crippen molar-refractivity contribution < 1.29 is 4.79 Å². The van der Waals surface area contributed by atoms with Crippen molar-refractivity contribution in [2.45, 2.75) is 20.3 Å². The predicted molar refractivity (Wildman–Crippen MR) is 97.8 cm³/mol. The Hall–Kier alpha value is -2.33. The molecule has 0 unspecified atom stereocenters. The number of hydrogen-bond donors (Lipinski definition) is 1. The summed E-state index contributed by atoms with van der Waals surface area (Å²) in [7, 11) is 0. The summed E-state index contributed by atoms with van der Waals surface area (Å²) in [5.74, 6) is -0.0977. The second-order valence-corrected chi connectivity index (χ2v) is 6.44. The number of carbonyl (C=O) groups is 1. The number of aliphatic imine (C=N–C) groups is 1. The Labute approximate surface area is 140 Å². The lowest BCUT2D eigenvalue weighted by molar-refractivity contribution is -0.115. The first-order chi connectivity index (χ1) is 11.1. The van der Waals surface area contributed by atoms with Gasteiger partial charge >= 0.3 is 0 Å². The monoisotopic (exact) mass is 322 g/mol. The molecule has 1 aliphatic rings. The Kier molecular flexibility index (Phi) is 4.63. The van der Waals surface area contributed by atoms with Crippen LogP contribution in [0.5, 0.6) is 0 Å². The summed E-state index contributed by atoms with van der Waals surface area (Å²) in [6, 6.07) is 16.2. The zero-order valence-corrected chi connectivity index (χ0v) is 14.0. The zero-order chi connectivity index (χ0) is 16.2. The molecule has 1 saturated heterocycles. The van der Waals surface area contributed by atoms with E-state index in [9.17, 15) is 4.79 Å². The molecule has 116 valence electrons. The van der Waals surface area contributed by atoms with Gasteiger partial charge in [0, 0.05) is 0 Å². The molecule has 1 aliphatic heterocycles. The van der Waals surface area contributed by atoms with E-state index in [0.29, 0.717) is 10.1 Å². The predicted octanol–water partition coefficient (Wildman–Crippen LogP) is 4.45. The van der Waals surface area contributed by atoms with Gasteiger partial charge in [-0.2, -0.15) is 0 Å². The van der Waals surface area contributed by atoms with Gasteiger partial charge in [0.15, 0.2) is 5.17 Å². The third kappa shape index (κ3) is 3.90. The first-order valence-corrected chi connectivity index (χ1v) is 8.41. The largest absolute Gasteiger partial charge is 0.300 e. The van der Waals surface area contributed by atoms with Crippen LogP contribution in [0.2, 0.25) is 0 Å². The Bertz CT molecular complexity index is 774. The van der Waals surface area contributed by atoms with E-state index in [2.05, 4.69) is 29.4 Å². The zero-order valence-electron chi connectivity index (χ0n) is 13.2. The van der Waals surface area contributed by atoms with Crippen molar-refractivity contribution in [3.63, 3.8) is 0 Å². The number of thioether (sulfide) groups is 1. The van der Waals surface area contributed by atoms with Gasteiger partial charge in [0.25, 0.3) is 5.91 Å². The first-order valence-electron chi connectivity index (χ1n) is 7.59. The number of carbonyl (C=O) groups excluding carboxylic acids is 1. The lowest BCUT2D eigenvalue weighted by Crippen LogP contribution is -2.19. The second kappa shape index (κ2) is 6.84. The van der Waals surface area contributed by atoms with E-state index in [0.717, 1.165) is 17.7 Å². The summed E-state index contributed by atoms with van der Waals surface area (Å²) in [6.45, 7) is 4.17. The average Bonchev–Trinajstić information content (AvgIpc) is 2.90. The van der Waals surface area contributed by atoms with Crippen LogP contribution in [0.15, 0.2) is 58.4 Å². The molecular weight excluding hydrogens is 304 g/mol. The van der Waals surface area contributed by atoms with Crippen molar-refractivity contribution in [3.05, 3.63) is 70.1 Å². The molecule has 0 spiro atoms. The fourth-order valence-corrected chi connectivity index (χ4v) is 3.06. The topological polar surface area (TPSA) is 41.5 Å². The number of nitrogens with zero attached hydrogens (tertiary/aromatic N) is 1. The molecular formula is C19H18N2OS. The van der Waals surface area contributed by atoms with Crippen LogP contribution in [0.4, 0.5) is 5.69 Å². The number of amidine groups is 1. The third-order valence-electron chi connectivity index (χ3n) is 3.60. The van der Waals surface area contributed by atoms with Gasteiger partial charge in [0.2, 0.25) is 0 Å². The van der Waals surface area contributed by atoms with Gasteiger partial charge in [-0.3, -0.25) is 4.79 Å². The molecule has 0 atom stereocenters. The van der Waals surface area contributed by atoms with Crippen molar-refractivity contribution in [2.75, 3.05) is 0 Å². The standard InChI is InChI=1S/C19H18N2OS/c1-3-14-8-10-16(11-9-14)20-19-21-18(22)17(23-19)12-15-6-4-13(2)5-7-15/h4-12H,3H2,1-2H3,(H,20,21,22)/b17-12-. The van der Waals surface area contributed by atoms with E-state index in [1.54, 1.807) is 0 Å². The maximum Gasteiger partial charge on any atom is 0.264 e. The minimum absolute atomic E-state index is 0.0977. The van der Waals surface area contributed by atoms with Gasteiger partial charge in [-0.05, 0) is 54.4 Å². The van der Waals surface area contributed by atoms with Crippen LogP contribution in [-0.4, -0.2) is 11.1 Å². The third-order valence-corrected chi connectivity index (χ3v) is 4.51. The highest BCUT2D eigenvalue weighted by molar-refractivity contribution is 8.18. The minimum atomic E-state index is -0.0977. The summed E-state index contributed by atoms with van der Waals surface area (Å²) < 4.78 is 0. The fourth-order valence-electron chi connectivity index (χ4n) is 2.22. The highest BCUT2D eigenvalue weighted by Gasteiger charge is 2.23. The molecule has 1 N–H and O–H groups in total. The van der Waals surface area contributed by atoms with Crippen molar-refractivity contribution >= 4 is 34.6 Å². The van der Waals surface area contributed by atoms with Gasteiger partial charge in [-0.1, -0.05) is 48.9 Å². The molecule has 3 nitrogen and oxygen atoms in total. The molecule has 2 aromatic rings. The van der Waals surface area contributed by atoms with Crippen LogP contribution < -0.4 is 5.32 Å². The number of amides is 1. The van der Waals surface area contributed by atoms with Crippen LogP contribution in [0.3, 0.4) is 0 Å². The molecule has 0 bridgehead atoms. The molecule has 0 saturated carbocycles. The van der Waals surface area contributed by atoms with Crippen molar-refractivity contribution in [1.29, 1.82) is 0 Å². The van der Waals surface area contributed by atoms with E-state index in [4.69, 9.17) is 0 Å². The highest BCUT2D eigenvalue weighted by atomic mass is 32.2. The summed E-state index contributed by atoms with van der Waals surface area (Å²) in [5.41, 5.74) is 4.34. The Morgan fingerprint density at radius 1 is 1.09 bits per heavy atom. The molecule has 0 aliphatic carbocycles. The number of aryl methyl sites for hydroxylation is 2. The first kappa shape index (κ1) is 15.6. The van der Waals surface area contributed by atoms with Gasteiger partial charge in [0.1, 0.15) is 0 Å². The molecule has 23 heavy (non-hydrogen) atoms. The molecule has 4 heteroatoms. The smallest absolute Gasteiger partial charge is 0.264 e. The van der Waals surface area contributed by atoms with Gasteiger partial charge in [0.05, 0.1) is 10.6 Å². The van der Waals surface area contributed by atoms with Crippen molar-refractivity contribution in [2.24, 2.45) is 4.99 Å². The molecule has 2 aromatic carbocycles. The Balaban J connectivity index is 1.78. The van der Waals surface area contributed by atoms with Gasteiger partial charge in [-0.25, -0.2) is 4.99 Å². The SMILES string of the molecule is CCc1ccc(N=C2NC(=O)/C(=C/c3ccc(C)cc3)S2)cc1. The highest BCUT2D eigenvalue weighted by Crippen LogP contribution is 2.28. The normalized spacial score (nSPS) is 17.7.